The van der Waals surface area contributed by atoms with Crippen molar-refractivity contribution in [3.63, 3.8) is 0 Å². The highest BCUT2D eigenvalue weighted by atomic mass is 14.8. The number of hydrogen-bond donors (Lipinski definition) is 1. The lowest BCUT2D eigenvalue weighted by atomic mass is 10.0. The van der Waals surface area contributed by atoms with Crippen LogP contribution in [0.25, 0.3) is 0 Å². The Morgan fingerprint density at radius 3 is 2.60 bits per heavy atom. The molecule has 0 radical (unpaired) electrons. The minimum atomic E-state index is 0.925. The van der Waals surface area contributed by atoms with Crippen LogP contribution >= 0.6 is 0 Å². The summed E-state index contributed by atoms with van der Waals surface area (Å²) in [5.41, 5.74) is 3.12. The number of unbranched alkanes of at least 4 members (excludes halogenated alkanes) is 1. The monoisotopic (exact) mass is 207 g/mol. The molecule has 1 saturated carbocycles. The van der Waals surface area contributed by atoms with Crippen molar-refractivity contribution in [3.05, 3.63) is 23.3 Å². The summed E-state index contributed by atoms with van der Waals surface area (Å²) in [6.45, 7) is 7.83. The van der Waals surface area contributed by atoms with E-state index in [9.17, 15) is 0 Å². The van der Waals surface area contributed by atoms with Gasteiger partial charge < -0.3 is 5.32 Å². The van der Waals surface area contributed by atoms with E-state index < -0.39 is 0 Å². The largest absolute Gasteiger partial charge is 0.320 e. The zero-order valence-electron chi connectivity index (χ0n) is 10.6. The first-order chi connectivity index (χ1) is 7.20. The van der Waals surface area contributed by atoms with Gasteiger partial charge in [0.2, 0.25) is 0 Å². The SMILES string of the molecule is CC1=C(C)C2CC2C=C1.CCCCNC. The maximum Gasteiger partial charge on any atom is -0.00520 e. The first kappa shape index (κ1) is 12.5. The van der Waals surface area contributed by atoms with E-state index in [4.69, 9.17) is 0 Å². The summed E-state index contributed by atoms with van der Waals surface area (Å²) in [7, 11) is 1.98. The molecule has 1 fully saturated rings. The van der Waals surface area contributed by atoms with Crippen LogP contribution in [0.4, 0.5) is 0 Å². The van der Waals surface area contributed by atoms with Crippen LogP contribution in [-0.4, -0.2) is 13.6 Å². The zero-order valence-corrected chi connectivity index (χ0v) is 10.6. The first-order valence-corrected chi connectivity index (χ1v) is 6.20. The number of rotatable bonds is 3. The van der Waals surface area contributed by atoms with Gasteiger partial charge in [-0.25, -0.2) is 0 Å². The van der Waals surface area contributed by atoms with Crippen LogP contribution in [0.3, 0.4) is 0 Å². The Bertz CT molecular complexity index is 246. The second-order valence-corrected chi connectivity index (χ2v) is 4.69. The molecule has 86 valence electrons. The van der Waals surface area contributed by atoms with Gasteiger partial charge >= 0.3 is 0 Å². The predicted molar refractivity (Wildman–Crippen MR) is 67.9 cm³/mol. The summed E-state index contributed by atoms with van der Waals surface area (Å²) in [4.78, 5) is 0. The third kappa shape index (κ3) is 3.83. The summed E-state index contributed by atoms with van der Waals surface area (Å²) >= 11 is 0. The lowest BCUT2D eigenvalue weighted by Gasteiger charge is -2.05. The Kier molecular flexibility index (Phi) is 5.10. The second kappa shape index (κ2) is 6.12. The highest BCUT2D eigenvalue weighted by molar-refractivity contribution is 5.35. The fourth-order valence-electron chi connectivity index (χ4n) is 1.97. The Morgan fingerprint density at radius 2 is 2.13 bits per heavy atom. The molecule has 0 bridgehead atoms. The van der Waals surface area contributed by atoms with E-state index in [1.165, 1.54) is 24.8 Å². The van der Waals surface area contributed by atoms with Crippen molar-refractivity contribution in [1.29, 1.82) is 0 Å². The van der Waals surface area contributed by atoms with Crippen LogP contribution in [0.2, 0.25) is 0 Å². The molecule has 1 heteroatoms. The molecule has 1 nitrogen and oxygen atoms in total. The molecule has 0 aromatic heterocycles. The molecule has 0 saturated heterocycles. The van der Waals surface area contributed by atoms with Crippen molar-refractivity contribution in [2.45, 2.75) is 40.0 Å². The number of allylic oxidation sites excluding steroid dienone is 4. The summed E-state index contributed by atoms with van der Waals surface area (Å²) in [5.74, 6) is 1.86. The van der Waals surface area contributed by atoms with E-state index in [0.29, 0.717) is 0 Å². The fraction of sp³-hybridized carbons (Fsp3) is 0.714. The van der Waals surface area contributed by atoms with Crippen molar-refractivity contribution in [3.8, 4) is 0 Å². The first-order valence-electron chi connectivity index (χ1n) is 6.20. The van der Waals surface area contributed by atoms with Gasteiger partial charge in [-0.05, 0) is 52.1 Å². The van der Waals surface area contributed by atoms with E-state index in [2.05, 4.69) is 38.2 Å². The van der Waals surface area contributed by atoms with E-state index in [1.54, 1.807) is 5.57 Å². The summed E-state index contributed by atoms with van der Waals surface area (Å²) < 4.78 is 0. The molecule has 2 aliphatic rings. The molecule has 2 unspecified atom stereocenters. The molecule has 2 rings (SSSR count). The van der Waals surface area contributed by atoms with Crippen LogP contribution < -0.4 is 5.32 Å². The normalized spacial score (nSPS) is 26.9. The second-order valence-electron chi connectivity index (χ2n) is 4.69. The van der Waals surface area contributed by atoms with Crippen LogP contribution in [0.5, 0.6) is 0 Å². The van der Waals surface area contributed by atoms with E-state index >= 15 is 0 Å². The lowest BCUT2D eigenvalue weighted by Crippen LogP contribution is -2.06. The molecule has 0 amide bonds. The quantitative estimate of drug-likeness (QED) is 0.698. The Labute approximate surface area is 94.6 Å². The molecule has 0 aliphatic heterocycles. The van der Waals surface area contributed by atoms with Gasteiger partial charge in [0, 0.05) is 0 Å². The maximum atomic E-state index is 3.07. The molecule has 2 aliphatic carbocycles. The van der Waals surface area contributed by atoms with Crippen molar-refractivity contribution in [1.82, 2.24) is 5.32 Å². The Balaban J connectivity index is 0.000000167. The number of nitrogens with one attached hydrogen (secondary N) is 1. The third-order valence-electron chi connectivity index (χ3n) is 3.39. The van der Waals surface area contributed by atoms with Gasteiger partial charge in [0.05, 0.1) is 0 Å². The van der Waals surface area contributed by atoms with Gasteiger partial charge in [-0.2, -0.15) is 0 Å². The van der Waals surface area contributed by atoms with Gasteiger partial charge in [-0.1, -0.05) is 36.6 Å². The molecule has 2 atom stereocenters. The highest BCUT2D eigenvalue weighted by Crippen LogP contribution is 2.48. The van der Waals surface area contributed by atoms with E-state index in [-0.39, 0.29) is 0 Å². The predicted octanol–water partition coefficient (Wildman–Crippen LogP) is 3.53. The maximum absolute atomic E-state index is 3.07. The molecule has 0 heterocycles. The molecule has 15 heavy (non-hydrogen) atoms. The topological polar surface area (TPSA) is 12.0 Å². The number of hydrogen-bond acceptors (Lipinski definition) is 1. The van der Waals surface area contributed by atoms with Crippen LogP contribution in [0.1, 0.15) is 40.0 Å². The van der Waals surface area contributed by atoms with Crippen molar-refractivity contribution < 1.29 is 0 Å². The van der Waals surface area contributed by atoms with Gasteiger partial charge in [0.1, 0.15) is 0 Å². The van der Waals surface area contributed by atoms with E-state index in [0.717, 1.165) is 18.4 Å². The highest BCUT2D eigenvalue weighted by Gasteiger charge is 2.38. The zero-order chi connectivity index (χ0) is 11.3. The molecule has 1 N–H and O–H groups in total. The average molecular weight is 207 g/mol. The average Bonchev–Trinajstić information content (AvgIpc) is 3.01. The Morgan fingerprint density at radius 1 is 1.40 bits per heavy atom. The summed E-state index contributed by atoms with van der Waals surface area (Å²) in [6, 6.07) is 0. The van der Waals surface area contributed by atoms with Gasteiger partial charge in [-0.3, -0.25) is 0 Å². The number of fused-ring (bicyclic) bond motifs is 1. The van der Waals surface area contributed by atoms with Crippen molar-refractivity contribution in [2.75, 3.05) is 13.6 Å². The van der Waals surface area contributed by atoms with Gasteiger partial charge in [0.15, 0.2) is 0 Å². The summed E-state index contributed by atoms with van der Waals surface area (Å²) in [5, 5.41) is 3.07. The Hall–Kier alpha value is -0.560. The molecule has 0 aromatic carbocycles. The molecular formula is C14H25N. The lowest BCUT2D eigenvalue weighted by molar-refractivity contribution is 0.711. The molecule has 0 spiro atoms. The standard InChI is InChI=1S/C9H12.C5H13N/c1-6-3-4-8-5-9(8)7(6)2;1-3-4-5-6-2/h3-4,8-9H,5H2,1-2H3;6H,3-5H2,1-2H3. The van der Waals surface area contributed by atoms with Crippen molar-refractivity contribution >= 4 is 0 Å². The van der Waals surface area contributed by atoms with Gasteiger partial charge in [0.25, 0.3) is 0 Å². The minimum absolute atomic E-state index is 0.925. The molecular weight excluding hydrogens is 182 g/mol. The minimum Gasteiger partial charge on any atom is -0.320 e. The fourth-order valence-corrected chi connectivity index (χ4v) is 1.97. The third-order valence-corrected chi connectivity index (χ3v) is 3.39. The van der Waals surface area contributed by atoms with Crippen LogP contribution in [0, 0.1) is 11.8 Å². The molecule has 0 aromatic rings. The van der Waals surface area contributed by atoms with E-state index in [1.807, 2.05) is 7.05 Å². The smallest absolute Gasteiger partial charge is 0.00520 e. The van der Waals surface area contributed by atoms with Gasteiger partial charge in [-0.15, -0.1) is 0 Å². The van der Waals surface area contributed by atoms with Crippen LogP contribution in [0.15, 0.2) is 23.3 Å². The van der Waals surface area contributed by atoms with Crippen molar-refractivity contribution in [2.24, 2.45) is 11.8 Å². The van der Waals surface area contributed by atoms with Crippen LogP contribution in [-0.2, 0) is 0 Å². The summed E-state index contributed by atoms with van der Waals surface area (Å²) in [6.07, 6.45) is 8.63.